The number of anilines is 1. The molecular formula is C17H17NO3S. The van der Waals surface area contributed by atoms with Crippen molar-refractivity contribution in [2.45, 2.75) is 17.1 Å². The van der Waals surface area contributed by atoms with Gasteiger partial charge in [-0.1, -0.05) is 18.2 Å². The van der Waals surface area contributed by atoms with E-state index in [9.17, 15) is 4.79 Å². The second-order valence-electron chi connectivity index (χ2n) is 4.92. The van der Waals surface area contributed by atoms with Gasteiger partial charge in [0, 0.05) is 10.6 Å². The van der Waals surface area contributed by atoms with Crippen molar-refractivity contribution in [2.75, 3.05) is 18.5 Å². The highest BCUT2D eigenvalue weighted by molar-refractivity contribution is 8.00. The topological polar surface area (TPSA) is 47.6 Å². The normalized spacial score (nSPS) is 14.2. The smallest absolute Gasteiger partial charge is 0.237 e. The first-order valence-electron chi connectivity index (χ1n) is 7.14. The van der Waals surface area contributed by atoms with Crippen LogP contribution in [0.4, 0.5) is 5.69 Å². The maximum Gasteiger partial charge on any atom is 0.237 e. The van der Waals surface area contributed by atoms with Crippen LogP contribution in [0.15, 0.2) is 53.4 Å². The summed E-state index contributed by atoms with van der Waals surface area (Å²) in [5.41, 5.74) is 0.808. The SMILES string of the molecule is C[C@@H](Sc1ccc2c(c1)OCCO2)C(=O)Nc1ccccc1. The molecule has 1 aliphatic rings. The highest BCUT2D eigenvalue weighted by Gasteiger charge is 2.17. The lowest BCUT2D eigenvalue weighted by Gasteiger charge is -2.19. The standard InChI is InChI=1S/C17H17NO3S/c1-12(17(19)18-13-5-3-2-4-6-13)22-14-7-8-15-16(11-14)21-10-9-20-15/h2-8,11-12H,9-10H2,1H3,(H,18,19)/t12-/m1/s1. The lowest BCUT2D eigenvalue weighted by atomic mass is 10.3. The summed E-state index contributed by atoms with van der Waals surface area (Å²) in [7, 11) is 0. The van der Waals surface area contributed by atoms with Crippen molar-refractivity contribution in [2.24, 2.45) is 0 Å². The van der Waals surface area contributed by atoms with E-state index in [0.29, 0.717) is 13.2 Å². The van der Waals surface area contributed by atoms with Crippen LogP contribution in [-0.2, 0) is 4.79 Å². The highest BCUT2D eigenvalue weighted by Crippen LogP contribution is 2.35. The maximum atomic E-state index is 12.2. The number of ether oxygens (including phenoxy) is 2. The molecular weight excluding hydrogens is 298 g/mol. The molecule has 22 heavy (non-hydrogen) atoms. The Bertz CT molecular complexity index is 660. The minimum absolute atomic E-state index is 0.0221. The van der Waals surface area contributed by atoms with E-state index in [1.54, 1.807) is 0 Å². The second kappa shape index (κ2) is 6.75. The molecule has 2 aromatic carbocycles. The number of para-hydroxylation sites is 1. The van der Waals surface area contributed by atoms with Crippen LogP contribution in [0.2, 0.25) is 0 Å². The summed E-state index contributed by atoms with van der Waals surface area (Å²) in [6.45, 7) is 3.03. The van der Waals surface area contributed by atoms with E-state index in [2.05, 4.69) is 5.32 Å². The van der Waals surface area contributed by atoms with Gasteiger partial charge in [-0.25, -0.2) is 0 Å². The van der Waals surface area contributed by atoms with Crippen LogP contribution in [0.5, 0.6) is 11.5 Å². The molecule has 3 rings (SSSR count). The first-order chi connectivity index (χ1) is 10.7. The quantitative estimate of drug-likeness (QED) is 0.876. The summed E-state index contributed by atoms with van der Waals surface area (Å²) in [6.07, 6.45) is 0. The van der Waals surface area contributed by atoms with Crippen LogP contribution >= 0.6 is 11.8 Å². The van der Waals surface area contributed by atoms with Gasteiger partial charge in [-0.15, -0.1) is 11.8 Å². The number of carbonyl (C=O) groups is 1. The molecule has 5 heteroatoms. The van der Waals surface area contributed by atoms with Crippen LogP contribution < -0.4 is 14.8 Å². The average Bonchev–Trinajstić information content (AvgIpc) is 2.55. The minimum atomic E-state index is -0.206. The summed E-state index contributed by atoms with van der Waals surface area (Å²) in [4.78, 5) is 13.2. The average molecular weight is 315 g/mol. The molecule has 0 bridgehead atoms. The summed E-state index contributed by atoms with van der Waals surface area (Å²) in [6, 6.07) is 15.2. The van der Waals surface area contributed by atoms with E-state index in [1.165, 1.54) is 11.8 Å². The summed E-state index contributed by atoms with van der Waals surface area (Å²) >= 11 is 1.50. The van der Waals surface area contributed by atoms with Crippen LogP contribution in [0.3, 0.4) is 0 Å². The largest absolute Gasteiger partial charge is 0.486 e. The molecule has 1 N–H and O–H groups in total. The van der Waals surface area contributed by atoms with Gasteiger partial charge < -0.3 is 14.8 Å². The number of amides is 1. The number of benzene rings is 2. The Hall–Kier alpha value is -2.14. The van der Waals surface area contributed by atoms with E-state index < -0.39 is 0 Å². The van der Waals surface area contributed by atoms with Crippen LogP contribution in [0.25, 0.3) is 0 Å². The third kappa shape index (κ3) is 3.54. The van der Waals surface area contributed by atoms with E-state index in [0.717, 1.165) is 22.1 Å². The molecule has 0 aliphatic carbocycles. The van der Waals surface area contributed by atoms with Gasteiger partial charge in [-0.2, -0.15) is 0 Å². The van der Waals surface area contributed by atoms with Gasteiger partial charge in [0.1, 0.15) is 13.2 Å². The van der Waals surface area contributed by atoms with Crippen molar-refractivity contribution < 1.29 is 14.3 Å². The molecule has 114 valence electrons. The van der Waals surface area contributed by atoms with Crippen molar-refractivity contribution in [1.29, 1.82) is 0 Å². The monoisotopic (exact) mass is 315 g/mol. The summed E-state index contributed by atoms with van der Waals surface area (Å²) in [5, 5.41) is 2.70. The van der Waals surface area contributed by atoms with Crippen LogP contribution in [0.1, 0.15) is 6.92 Å². The lowest BCUT2D eigenvalue weighted by molar-refractivity contribution is -0.115. The van der Waals surface area contributed by atoms with Crippen molar-refractivity contribution in [3.63, 3.8) is 0 Å². The molecule has 0 aromatic heterocycles. The Labute approximate surface area is 133 Å². The molecule has 4 nitrogen and oxygen atoms in total. The predicted molar refractivity (Wildman–Crippen MR) is 87.8 cm³/mol. The van der Waals surface area contributed by atoms with E-state index in [-0.39, 0.29) is 11.2 Å². The number of rotatable bonds is 4. The number of thioether (sulfide) groups is 1. The summed E-state index contributed by atoms with van der Waals surface area (Å²) < 4.78 is 11.1. The molecule has 2 aromatic rings. The molecule has 1 heterocycles. The molecule has 1 amide bonds. The zero-order valence-electron chi connectivity index (χ0n) is 12.2. The zero-order chi connectivity index (χ0) is 15.4. The number of hydrogen-bond donors (Lipinski definition) is 1. The number of nitrogens with one attached hydrogen (secondary N) is 1. The van der Waals surface area contributed by atoms with Gasteiger partial charge in [0.05, 0.1) is 5.25 Å². The number of fused-ring (bicyclic) bond motifs is 1. The van der Waals surface area contributed by atoms with Gasteiger partial charge >= 0.3 is 0 Å². The molecule has 1 aliphatic heterocycles. The van der Waals surface area contributed by atoms with Gasteiger partial charge in [0.25, 0.3) is 0 Å². The lowest BCUT2D eigenvalue weighted by Crippen LogP contribution is -2.22. The number of hydrogen-bond acceptors (Lipinski definition) is 4. The first-order valence-corrected chi connectivity index (χ1v) is 8.02. The fourth-order valence-electron chi connectivity index (χ4n) is 2.12. The zero-order valence-corrected chi connectivity index (χ0v) is 13.1. The molecule has 0 fully saturated rings. The maximum absolute atomic E-state index is 12.2. The van der Waals surface area contributed by atoms with Crippen LogP contribution in [-0.4, -0.2) is 24.4 Å². The van der Waals surface area contributed by atoms with Gasteiger partial charge in [0.15, 0.2) is 11.5 Å². The Morgan fingerprint density at radius 3 is 2.59 bits per heavy atom. The van der Waals surface area contributed by atoms with E-state index in [4.69, 9.17) is 9.47 Å². The molecule has 0 radical (unpaired) electrons. The highest BCUT2D eigenvalue weighted by atomic mass is 32.2. The van der Waals surface area contributed by atoms with E-state index >= 15 is 0 Å². The second-order valence-corrected chi connectivity index (χ2v) is 6.34. The number of carbonyl (C=O) groups excluding carboxylic acids is 1. The fourth-order valence-corrected chi connectivity index (χ4v) is 3.02. The van der Waals surface area contributed by atoms with Gasteiger partial charge in [-0.3, -0.25) is 4.79 Å². The van der Waals surface area contributed by atoms with Crippen LogP contribution in [0, 0.1) is 0 Å². The van der Waals surface area contributed by atoms with Gasteiger partial charge in [-0.05, 0) is 37.3 Å². The van der Waals surface area contributed by atoms with Crippen molar-refractivity contribution >= 4 is 23.4 Å². The molecule has 1 atom stereocenters. The third-order valence-corrected chi connectivity index (χ3v) is 4.33. The Morgan fingerprint density at radius 1 is 1.09 bits per heavy atom. The Kier molecular flexibility index (Phi) is 4.53. The van der Waals surface area contributed by atoms with Gasteiger partial charge in [0.2, 0.25) is 5.91 Å². The van der Waals surface area contributed by atoms with Crippen molar-refractivity contribution in [1.82, 2.24) is 0 Å². The third-order valence-electron chi connectivity index (χ3n) is 3.24. The fraction of sp³-hybridized carbons (Fsp3) is 0.235. The molecule has 0 unspecified atom stereocenters. The van der Waals surface area contributed by atoms with Crippen molar-refractivity contribution in [3.05, 3.63) is 48.5 Å². The predicted octanol–water partition coefficient (Wildman–Crippen LogP) is 3.58. The molecule has 0 saturated heterocycles. The summed E-state index contributed by atoms with van der Waals surface area (Å²) in [5.74, 6) is 1.48. The minimum Gasteiger partial charge on any atom is -0.486 e. The Morgan fingerprint density at radius 2 is 1.82 bits per heavy atom. The first kappa shape index (κ1) is 14.8. The van der Waals surface area contributed by atoms with Crippen molar-refractivity contribution in [3.8, 4) is 11.5 Å². The molecule has 0 saturated carbocycles. The Balaban J connectivity index is 1.63. The van der Waals surface area contributed by atoms with E-state index in [1.807, 2.05) is 55.5 Å². The molecule has 0 spiro atoms.